The number of esters is 1. The summed E-state index contributed by atoms with van der Waals surface area (Å²) in [4.78, 5) is 60.2. The number of aliphatic hydroxyl groups excluding tert-OH is 1. The Labute approximate surface area is 295 Å². The third kappa shape index (κ3) is 5.81. The molecule has 11 heteroatoms. The number of benzene rings is 3. The van der Waals surface area contributed by atoms with Gasteiger partial charge < -0.3 is 29.7 Å². The molecule has 2 saturated heterocycles. The van der Waals surface area contributed by atoms with Gasteiger partial charge in [0.05, 0.1) is 47.3 Å². The zero-order valence-electron chi connectivity index (χ0n) is 27.5. The number of halogens is 1. The van der Waals surface area contributed by atoms with E-state index in [0.717, 1.165) is 11.1 Å². The Morgan fingerprint density at radius 1 is 0.960 bits per heavy atom. The van der Waals surface area contributed by atoms with E-state index in [1.807, 2.05) is 49.4 Å². The van der Waals surface area contributed by atoms with Crippen molar-refractivity contribution in [2.24, 2.45) is 11.8 Å². The van der Waals surface area contributed by atoms with Crippen LogP contribution in [-0.2, 0) is 28.7 Å². The fourth-order valence-electron chi connectivity index (χ4n) is 7.91. The number of allylic oxidation sites excluding steroid dienone is 1. The average Bonchev–Trinajstić information content (AvgIpc) is 3.51. The maximum Gasteiger partial charge on any atom is 0.306 e. The summed E-state index contributed by atoms with van der Waals surface area (Å²) in [5, 5.41) is 14.3. The lowest BCUT2D eigenvalue weighted by molar-refractivity contribution is -0.146. The second-order valence-corrected chi connectivity index (χ2v) is 13.5. The zero-order chi connectivity index (χ0) is 35.0. The normalized spacial score (nSPS) is 29.5. The molecular formula is C39H38ClN3O7. The van der Waals surface area contributed by atoms with E-state index in [2.05, 4.69) is 5.32 Å². The summed E-state index contributed by atoms with van der Waals surface area (Å²) >= 11 is 6.71. The molecule has 7 rings (SSSR count). The number of cyclic esters (lactones) is 1. The predicted octanol–water partition coefficient (Wildman–Crippen LogP) is 4.62. The molecular weight excluding hydrogens is 658 g/mol. The second kappa shape index (κ2) is 13.9. The number of aliphatic hydroxyl groups is 1. The van der Waals surface area contributed by atoms with Crippen molar-refractivity contribution in [3.63, 3.8) is 0 Å². The van der Waals surface area contributed by atoms with Gasteiger partial charge in [-0.2, -0.15) is 0 Å². The van der Waals surface area contributed by atoms with Gasteiger partial charge in [-0.05, 0) is 36.1 Å². The van der Waals surface area contributed by atoms with Crippen molar-refractivity contribution in [1.82, 2.24) is 10.2 Å². The fourth-order valence-corrected chi connectivity index (χ4v) is 8.23. The molecule has 4 heterocycles. The number of nitrogens with zero attached hydrogens (tertiary/aromatic N) is 2. The van der Waals surface area contributed by atoms with E-state index in [1.54, 1.807) is 65.6 Å². The topological polar surface area (TPSA) is 125 Å². The number of carbonyl (C=O) groups is 4. The molecule has 258 valence electrons. The number of likely N-dealkylation sites (tertiary alicyclic amines) is 1. The Morgan fingerprint density at radius 2 is 1.70 bits per heavy atom. The molecule has 4 aliphatic rings. The molecule has 1 spiro atoms. The monoisotopic (exact) mass is 695 g/mol. The largest absolute Gasteiger partial charge is 0.463 e. The lowest BCUT2D eigenvalue weighted by Crippen LogP contribution is -2.56. The Balaban J connectivity index is 1.37. The lowest BCUT2D eigenvalue weighted by Gasteiger charge is -2.39. The van der Waals surface area contributed by atoms with Crippen LogP contribution in [-0.4, -0.2) is 71.2 Å². The van der Waals surface area contributed by atoms with Crippen LogP contribution < -0.4 is 10.2 Å². The third-order valence-electron chi connectivity index (χ3n) is 10.2. The van der Waals surface area contributed by atoms with Crippen molar-refractivity contribution in [3.05, 3.63) is 125 Å². The summed E-state index contributed by atoms with van der Waals surface area (Å²) in [5.41, 5.74) is 1.05. The molecule has 0 saturated carbocycles. The van der Waals surface area contributed by atoms with Crippen LogP contribution >= 0.6 is 11.6 Å². The number of amides is 3. The van der Waals surface area contributed by atoms with Crippen molar-refractivity contribution < 1.29 is 33.8 Å². The van der Waals surface area contributed by atoms with Gasteiger partial charge in [0.1, 0.15) is 18.2 Å². The fraction of sp³-hybridized carbons (Fsp3) is 0.333. The van der Waals surface area contributed by atoms with Gasteiger partial charge >= 0.3 is 5.97 Å². The Kier molecular flexibility index (Phi) is 9.34. The van der Waals surface area contributed by atoms with Gasteiger partial charge in [-0.1, -0.05) is 109 Å². The number of para-hydroxylation sites is 1. The summed E-state index contributed by atoms with van der Waals surface area (Å²) in [6.07, 6.45) is 6.53. The molecule has 3 aromatic carbocycles. The van der Waals surface area contributed by atoms with Gasteiger partial charge in [-0.25, -0.2) is 0 Å². The number of anilines is 1. The van der Waals surface area contributed by atoms with Crippen LogP contribution in [0.3, 0.4) is 0 Å². The molecule has 0 aromatic heterocycles. The van der Waals surface area contributed by atoms with E-state index < -0.39 is 72.0 Å². The minimum atomic E-state index is -1.58. The maximum atomic E-state index is 15.1. The van der Waals surface area contributed by atoms with Gasteiger partial charge in [0.25, 0.3) is 5.91 Å². The highest BCUT2D eigenvalue weighted by atomic mass is 35.5. The van der Waals surface area contributed by atoms with Gasteiger partial charge in [0.2, 0.25) is 11.8 Å². The van der Waals surface area contributed by atoms with Gasteiger partial charge in [-0.15, -0.1) is 0 Å². The Bertz CT molecular complexity index is 1830. The molecule has 2 fully saturated rings. The van der Waals surface area contributed by atoms with Crippen molar-refractivity contribution in [2.45, 2.75) is 49.6 Å². The highest BCUT2D eigenvalue weighted by molar-refractivity contribution is 6.34. The van der Waals surface area contributed by atoms with Crippen molar-refractivity contribution in [2.75, 3.05) is 24.7 Å². The number of fused-ring (bicyclic) bond motifs is 2. The first-order valence-electron chi connectivity index (χ1n) is 16.8. The highest BCUT2D eigenvalue weighted by Crippen LogP contribution is 2.55. The first-order chi connectivity index (χ1) is 24.2. The second-order valence-electron chi connectivity index (χ2n) is 13.1. The van der Waals surface area contributed by atoms with Crippen LogP contribution in [0.25, 0.3) is 0 Å². The first-order valence-corrected chi connectivity index (χ1v) is 17.2. The van der Waals surface area contributed by atoms with E-state index in [9.17, 15) is 14.7 Å². The first kappa shape index (κ1) is 33.7. The minimum Gasteiger partial charge on any atom is -0.463 e. The number of ether oxygens (including phenoxy) is 2. The molecule has 50 heavy (non-hydrogen) atoms. The number of aryl methyl sites for hydroxylation is 1. The van der Waals surface area contributed by atoms with Crippen LogP contribution in [0.4, 0.5) is 5.69 Å². The van der Waals surface area contributed by atoms with Crippen molar-refractivity contribution in [1.29, 1.82) is 0 Å². The van der Waals surface area contributed by atoms with Crippen LogP contribution in [0, 0.1) is 18.8 Å². The van der Waals surface area contributed by atoms with E-state index in [4.69, 9.17) is 21.1 Å². The van der Waals surface area contributed by atoms with Crippen LogP contribution in [0.2, 0.25) is 5.02 Å². The van der Waals surface area contributed by atoms with E-state index in [0.29, 0.717) is 22.7 Å². The van der Waals surface area contributed by atoms with E-state index in [-0.39, 0.29) is 19.6 Å². The highest BCUT2D eigenvalue weighted by Gasteiger charge is 2.72. The molecule has 0 radical (unpaired) electrons. The van der Waals surface area contributed by atoms with Crippen LogP contribution in [0.15, 0.2) is 103 Å². The maximum absolute atomic E-state index is 15.1. The molecule has 3 amide bonds. The third-order valence-corrected chi connectivity index (χ3v) is 10.5. The molecule has 10 nitrogen and oxygen atoms in total. The predicted molar refractivity (Wildman–Crippen MR) is 186 cm³/mol. The Morgan fingerprint density at radius 3 is 2.42 bits per heavy atom. The molecule has 4 aliphatic heterocycles. The van der Waals surface area contributed by atoms with E-state index >= 15 is 9.59 Å². The molecule has 2 N–H and O–H groups in total. The number of hydrogen-bond donors (Lipinski definition) is 2. The summed E-state index contributed by atoms with van der Waals surface area (Å²) < 4.78 is 12.4. The standard InChI is InChI=1S/C39H38ClN3O7/c1-24-12-10-17-27(40)34(24)42-21-11-20-39-33(37(47)43(35(39)38(42)48)29(22-44)26-15-6-3-7-16-26)32-30(50-39)18-8-9-19-31(45)49-23-28(41-36(32)46)25-13-4-2-5-14-25/h2-8,10-18,20,28-30,32-33,35,44H,9,19,21-23H2,1H3,(H,41,46)/b18-8-/t28-,29-,30+,32-,33-,35+,39-/m1/s1. The number of hydrogen-bond acceptors (Lipinski definition) is 7. The summed E-state index contributed by atoms with van der Waals surface area (Å²) in [6, 6.07) is 20.7. The zero-order valence-corrected chi connectivity index (χ0v) is 28.2. The molecule has 7 atom stereocenters. The molecule has 0 aliphatic carbocycles. The number of rotatable bonds is 5. The quantitative estimate of drug-likeness (QED) is 0.295. The molecule has 0 unspecified atom stereocenters. The van der Waals surface area contributed by atoms with Gasteiger partial charge in [0, 0.05) is 13.0 Å². The molecule has 3 aromatic rings. The van der Waals surface area contributed by atoms with Gasteiger partial charge in [0.15, 0.2) is 0 Å². The summed E-state index contributed by atoms with van der Waals surface area (Å²) in [5.74, 6) is -4.01. The minimum absolute atomic E-state index is 0.0970. The Hall–Kier alpha value is -4.77. The van der Waals surface area contributed by atoms with Crippen molar-refractivity contribution in [3.8, 4) is 0 Å². The lowest BCUT2D eigenvalue weighted by atomic mass is 9.77. The van der Waals surface area contributed by atoms with Crippen LogP contribution in [0.5, 0.6) is 0 Å². The van der Waals surface area contributed by atoms with E-state index in [1.165, 1.54) is 4.90 Å². The SMILES string of the molecule is Cc1cccc(Cl)c1N1CC=C[C@@]23O[C@H]4/C=C\CCC(=O)OC[C@H](c5ccccc5)NC(=O)[C@H]4[C@@H]2C(=O)N([C@H](CO)c2ccccc2)[C@H]3C1=O. The van der Waals surface area contributed by atoms with Crippen LogP contribution in [0.1, 0.15) is 41.6 Å². The molecule has 0 bridgehead atoms. The number of carbonyl (C=O) groups excluding carboxylic acids is 4. The smallest absolute Gasteiger partial charge is 0.306 e. The summed E-state index contributed by atoms with van der Waals surface area (Å²) in [6.45, 7) is 1.43. The summed E-state index contributed by atoms with van der Waals surface area (Å²) in [7, 11) is 0. The average molecular weight is 696 g/mol. The van der Waals surface area contributed by atoms with Gasteiger partial charge in [-0.3, -0.25) is 19.2 Å². The number of nitrogens with one attached hydrogen (secondary N) is 1. The van der Waals surface area contributed by atoms with Crippen molar-refractivity contribution >= 4 is 41.0 Å².